The SMILES string of the molecule is CNCCn1nc(C)c(S(=O)(=O)N2CCCCC2)c1C. The summed E-state index contributed by atoms with van der Waals surface area (Å²) < 4.78 is 28.9. The molecule has 0 aliphatic carbocycles. The van der Waals surface area contributed by atoms with Gasteiger partial charge in [0.2, 0.25) is 10.0 Å². The number of hydrogen-bond acceptors (Lipinski definition) is 4. The lowest BCUT2D eigenvalue weighted by Gasteiger charge is -2.26. The number of hydrogen-bond donors (Lipinski definition) is 1. The summed E-state index contributed by atoms with van der Waals surface area (Å²) in [5.74, 6) is 0. The maximum Gasteiger partial charge on any atom is 0.246 e. The minimum atomic E-state index is -3.40. The van der Waals surface area contributed by atoms with Crippen LogP contribution in [0.5, 0.6) is 0 Å². The molecule has 2 rings (SSSR count). The summed E-state index contributed by atoms with van der Waals surface area (Å²) in [5.41, 5.74) is 1.34. The highest BCUT2D eigenvalue weighted by atomic mass is 32.2. The monoisotopic (exact) mass is 300 g/mol. The number of nitrogens with one attached hydrogen (secondary N) is 1. The summed E-state index contributed by atoms with van der Waals surface area (Å²) in [6, 6.07) is 0. The van der Waals surface area contributed by atoms with Crippen molar-refractivity contribution in [2.45, 2.75) is 44.6 Å². The van der Waals surface area contributed by atoms with Crippen molar-refractivity contribution in [2.24, 2.45) is 0 Å². The van der Waals surface area contributed by atoms with Crippen LogP contribution in [0.2, 0.25) is 0 Å². The Labute approximate surface area is 121 Å². The van der Waals surface area contributed by atoms with Gasteiger partial charge in [0.15, 0.2) is 0 Å². The molecule has 0 unspecified atom stereocenters. The highest BCUT2D eigenvalue weighted by Crippen LogP contribution is 2.25. The van der Waals surface area contributed by atoms with Gasteiger partial charge in [-0.25, -0.2) is 8.42 Å². The van der Waals surface area contributed by atoms with Gasteiger partial charge in [-0.2, -0.15) is 9.40 Å². The first-order valence-electron chi connectivity index (χ1n) is 7.17. The highest BCUT2D eigenvalue weighted by Gasteiger charge is 2.31. The van der Waals surface area contributed by atoms with Crippen LogP contribution in [0.15, 0.2) is 4.90 Å². The first kappa shape index (κ1) is 15.5. The molecule has 1 aliphatic heterocycles. The van der Waals surface area contributed by atoms with Crippen LogP contribution in [0, 0.1) is 13.8 Å². The molecule has 0 aromatic carbocycles. The van der Waals surface area contributed by atoms with E-state index in [1.165, 1.54) is 0 Å². The van der Waals surface area contributed by atoms with Gasteiger partial charge in [-0.05, 0) is 33.7 Å². The Morgan fingerprint density at radius 2 is 1.85 bits per heavy atom. The van der Waals surface area contributed by atoms with Gasteiger partial charge in [0.25, 0.3) is 0 Å². The van der Waals surface area contributed by atoms with Crippen LogP contribution in [0.3, 0.4) is 0 Å². The Balaban J connectivity index is 2.33. The molecule has 114 valence electrons. The third-order valence-electron chi connectivity index (χ3n) is 3.80. The second kappa shape index (κ2) is 6.24. The standard InChI is InChI=1S/C13H24N4O2S/c1-11-13(12(2)17(15-11)10-7-14-3)20(18,19)16-8-5-4-6-9-16/h14H,4-10H2,1-3H3. The van der Waals surface area contributed by atoms with Crippen LogP contribution < -0.4 is 5.32 Å². The van der Waals surface area contributed by atoms with Crippen molar-refractivity contribution in [3.63, 3.8) is 0 Å². The van der Waals surface area contributed by atoms with E-state index < -0.39 is 10.0 Å². The van der Waals surface area contributed by atoms with Crippen LogP contribution in [-0.4, -0.2) is 49.2 Å². The van der Waals surface area contributed by atoms with Crippen molar-refractivity contribution < 1.29 is 8.42 Å². The fourth-order valence-electron chi connectivity index (χ4n) is 2.72. The van der Waals surface area contributed by atoms with Gasteiger partial charge in [-0.15, -0.1) is 0 Å². The van der Waals surface area contributed by atoms with Gasteiger partial charge in [0, 0.05) is 19.6 Å². The molecule has 1 aliphatic rings. The minimum Gasteiger partial charge on any atom is -0.318 e. The molecule has 1 aromatic heterocycles. The van der Waals surface area contributed by atoms with Crippen LogP contribution in [0.4, 0.5) is 0 Å². The van der Waals surface area contributed by atoms with Crippen molar-refractivity contribution >= 4 is 10.0 Å². The summed E-state index contributed by atoms with van der Waals surface area (Å²) in [5, 5.41) is 7.43. The van der Waals surface area contributed by atoms with Crippen LogP contribution in [0.25, 0.3) is 0 Å². The van der Waals surface area contributed by atoms with E-state index >= 15 is 0 Å². The molecule has 7 heteroatoms. The molecule has 0 saturated carbocycles. The number of piperidine rings is 1. The average molecular weight is 300 g/mol. The largest absolute Gasteiger partial charge is 0.318 e. The van der Waals surface area contributed by atoms with Gasteiger partial charge in [0.05, 0.1) is 17.9 Å². The van der Waals surface area contributed by atoms with E-state index in [2.05, 4.69) is 10.4 Å². The minimum absolute atomic E-state index is 0.399. The van der Waals surface area contributed by atoms with Crippen molar-refractivity contribution in [1.29, 1.82) is 0 Å². The maximum atomic E-state index is 12.8. The van der Waals surface area contributed by atoms with Gasteiger partial charge in [-0.3, -0.25) is 4.68 Å². The maximum absolute atomic E-state index is 12.8. The van der Waals surface area contributed by atoms with Gasteiger partial charge < -0.3 is 5.32 Å². The zero-order chi connectivity index (χ0) is 14.8. The average Bonchev–Trinajstić information content (AvgIpc) is 2.72. The van der Waals surface area contributed by atoms with Crippen molar-refractivity contribution in [3.8, 4) is 0 Å². The van der Waals surface area contributed by atoms with Gasteiger partial charge in [0.1, 0.15) is 4.90 Å². The summed E-state index contributed by atoms with van der Waals surface area (Å²) in [4.78, 5) is 0.399. The molecule has 6 nitrogen and oxygen atoms in total. The van der Waals surface area contributed by atoms with E-state index in [1.54, 1.807) is 15.9 Å². The third kappa shape index (κ3) is 2.89. The highest BCUT2D eigenvalue weighted by molar-refractivity contribution is 7.89. The predicted molar refractivity (Wildman–Crippen MR) is 78.2 cm³/mol. The molecular formula is C13H24N4O2S. The number of rotatable bonds is 5. The fraction of sp³-hybridized carbons (Fsp3) is 0.769. The summed E-state index contributed by atoms with van der Waals surface area (Å²) in [6.45, 7) is 6.32. The van der Waals surface area contributed by atoms with E-state index in [-0.39, 0.29) is 0 Å². The first-order chi connectivity index (χ1) is 9.48. The molecule has 1 saturated heterocycles. The van der Waals surface area contributed by atoms with Crippen LogP contribution >= 0.6 is 0 Å². The molecule has 0 bridgehead atoms. The van der Waals surface area contributed by atoms with E-state index in [0.29, 0.717) is 30.2 Å². The van der Waals surface area contributed by atoms with Crippen molar-refractivity contribution in [2.75, 3.05) is 26.7 Å². The van der Waals surface area contributed by atoms with E-state index in [9.17, 15) is 8.42 Å². The van der Waals surface area contributed by atoms with Crippen LogP contribution in [0.1, 0.15) is 30.7 Å². The second-order valence-electron chi connectivity index (χ2n) is 5.29. The summed E-state index contributed by atoms with van der Waals surface area (Å²) in [6.07, 6.45) is 3.02. The Morgan fingerprint density at radius 1 is 1.20 bits per heavy atom. The number of aryl methyl sites for hydroxylation is 1. The molecule has 0 amide bonds. The molecule has 1 aromatic rings. The lowest BCUT2D eigenvalue weighted by Crippen LogP contribution is -2.36. The second-order valence-corrected chi connectivity index (χ2v) is 7.17. The lowest BCUT2D eigenvalue weighted by atomic mass is 10.2. The molecule has 1 fully saturated rings. The van der Waals surface area contributed by atoms with Gasteiger partial charge >= 0.3 is 0 Å². The molecular weight excluding hydrogens is 276 g/mol. The van der Waals surface area contributed by atoms with Crippen molar-refractivity contribution in [1.82, 2.24) is 19.4 Å². The third-order valence-corrected chi connectivity index (χ3v) is 5.95. The van der Waals surface area contributed by atoms with E-state index in [4.69, 9.17) is 0 Å². The number of sulfonamides is 1. The fourth-order valence-corrected chi connectivity index (χ4v) is 4.61. The molecule has 1 N–H and O–H groups in total. The topological polar surface area (TPSA) is 67.2 Å². The molecule has 0 spiro atoms. The van der Waals surface area contributed by atoms with E-state index in [0.717, 1.165) is 31.5 Å². The zero-order valence-electron chi connectivity index (χ0n) is 12.5. The quantitative estimate of drug-likeness (QED) is 0.877. The summed E-state index contributed by atoms with van der Waals surface area (Å²) >= 11 is 0. The van der Waals surface area contributed by atoms with Crippen LogP contribution in [-0.2, 0) is 16.6 Å². The normalized spacial score (nSPS) is 17.6. The van der Waals surface area contributed by atoms with E-state index in [1.807, 2.05) is 14.0 Å². The Bertz CT molecular complexity index is 559. The molecule has 0 atom stereocenters. The lowest BCUT2D eigenvalue weighted by molar-refractivity contribution is 0.346. The molecule has 20 heavy (non-hydrogen) atoms. The smallest absolute Gasteiger partial charge is 0.246 e. The molecule has 0 radical (unpaired) electrons. The van der Waals surface area contributed by atoms with Crippen molar-refractivity contribution in [3.05, 3.63) is 11.4 Å². The van der Waals surface area contributed by atoms with Gasteiger partial charge in [-0.1, -0.05) is 6.42 Å². The summed E-state index contributed by atoms with van der Waals surface area (Å²) in [7, 11) is -1.53. The Hall–Kier alpha value is -0.920. The first-order valence-corrected chi connectivity index (χ1v) is 8.61. The predicted octanol–water partition coefficient (Wildman–Crippen LogP) is 0.894. The number of aromatic nitrogens is 2. The molecule has 2 heterocycles. The number of likely N-dealkylation sites (N-methyl/N-ethyl adjacent to an activating group) is 1. The zero-order valence-corrected chi connectivity index (χ0v) is 13.3. The Morgan fingerprint density at radius 3 is 2.45 bits per heavy atom. The Kier molecular flexibility index (Phi) is 4.82. The number of nitrogens with zero attached hydrogens (tertiary/aromatic N) is 3.